The third-order valence-corrected chi connectivity index (χ3v) is 3.30. The highest BCUT2D eigenvalue weighted by atomic mass is 16.4. The third kappa shape index (κ3) is 2.40. The molecule has 21 heavy (non-hydrogen) atoms. The SMILES string of the molecule is O=C(O)C1CN(C(=O)NCc2nn[nH]n2)c2ccccc21. The molecule has 1 aromatic heterocycles. The maximum atomic E-state index is 12.2. The molecule has 9 nitrogen and oxygen atoms in total. The summed E-state index contributed by atoms with van der Waals surface area (Å²) >= 11 is 0. The Morgan fingerprint density at radius 1 is 1.43 bits per heavy atom. The van der Waals surface area contributed by atoms with Crippen molar-refractivity contribution < 1.29 is 14.7 Å². The number of urea groups is 1. The topological polar surface area (TPSA) is 124 Å². The van der Waals surface area contributed by atoms with Gasteiger partial charge in [0.05, 0.1) is 6.54 Å². The molecule has 3 N–H and O–H groups in total. The first-order valence-corrected chi connectivity index (χ1v) is 6.26. The second kappa shape index (κ2) is 5.19. The molecule has 0 spiro atoms. The van der Waals surface area contributed by atoms with Crippen molar-refractivity contribution >= 4 is 17.7 Å². The van der Waals surface area contributed by atoms with E-state index >= 15 is 0 Å². The molecule has 2 heterocycles. The van der Waals surface area contributed by atoms with E-state index in [0.717, 1.165) is 0 Å². The summed E-state index contributed by atoms with van der Waals surface area (Å²) in [6.07, 6.45) is 0. The predicted molar refractivity (Wildman–Crippen MR) is 70.6 cm³/mol. The van der Waals surface area contributed by atoms with Crippen molar-refractivity contribution in [3.8, 4) is 0 Å². The summed E-state index contributed by atoms with van der Waals surface area (Å²) in [6.45, 7) is 0.221. The molecule has 0 bridgehead atoms. The molecule has 1 aliphatic rings. The number of aromatic nitrogens is 4. The molecule has 0 saturated heterocycles. The number of hydrogen-bond donors (Lipinski definition) is 3. The van der Waals surface area contributed by atoms with Gasteiger partial charge in [-0.05, 0) is 11.6 Å². The van der Waals surface area contributed by atoms with Crippen LogP contribution in [0, 0.1) is 0 Å². The summed E-state index contributed by atoms with van der Waals surface area (Å²) in [5.41, 5.74) is 1.25. The number of carboxylic acid groups (broad SMARTS) is 1. The average Bonchev–Trinajstić information content (AvgIpc) is 3.12. The summed E-state index contributed by atoms with van der Waals surface area (Å²) in [7, 11) is 0. The van der Waals surface area contributed by atoms with Crippen molar-refractivity contribution in [3.63, 3.8) is 0 Å². The highest BCUT2D eigenvalue weighted by molar-refractivity contribution is 5.97. The quantitative estimate of drug-likeness (QED) is 0.735. The van der Waals surface area contributed by atoms with Gasteiger partial charge in [-0.2, -0.15) is 5.21 Å². The van der Waals surface area contributed by atoms with E-state index in [9.17, 15) is 14.7 Å². The van der Waals surface area contributed by atoms with Crippen LogP contribution in [0.5, 0.6) is 0 Å². The minimum atomic E-state index is -0.948. The van der Waals surface area contributed by atoms with E-state index in [2.05, 4.69) is 25.9 Å². The lowest BCUT2D eigenvalue weighted by atomic mass is 10.0. The normalized spacial score (nSPS) is 16.6. The van der Waals surface area contributed by atoms with E-state index < -0.39 is 17.9 Å². The number of carbonyl (C=O) groups is 2. The number of carbonyl (C=O) groups excluding carboxylic acids is 1. The van der Waals surface area contributed by atoms with Crippen LogP contribution in [-0.4, -0.2) is 44.3 Å². The van der Waals surface area contributed by atoms with Crippen molar-refractivity contribution in [1.82, 2.24) is 25.9 Å². The van der Waals surface area contributed by atoms with Crippen LogP contribution in [0.25, 0.3) is 0 Å². The van der Waals surface area contributed by atoms with Gasteiger partial charge in [0.2, 0.25) is 0 Å². The number of nitrogens with zero attached hydrogens (tertiary/aromatic N) is 4. The van der Waals surface area contributed by atoms with Crippen LogP contribution in [0.4, 0.5) is 10.5 Å². The first kappa shape index (κ1) is 13.0. The number of carboxylic acids is 1. The molecular formula is C12H12N6O3. The standard InChI is InChI=1S/C12H12N6O3/c19-11(20)8-6-18(9-4-2-1-3-7(8)9)12(21)13-5-10-14-16-17-15-10/h1-4,8H,5-6H2,(H,13,21)(H,19,20)(H,14,15,16,17). The summed E-state index contributed by atoms with van der Waals surface area (Å²) in [5.74, 6) is -1.31. The maximum absolute atomic E-state index is 12.2. The van der Waals surface area contributed by atoms with E-state index in [-0.39, 0.29) is 13.1 Å². The van der Waals surface area contributed by atoms with Crippen molar-refractivity contribution in [2.45, 2.75) is 12.5 Å². The lowest BCUT2D eigenvalue weighted by Crippen LogP contribution is -2.39. The van der Waals surface area contributed by atoms with Gasteiger partial charge >= 0.3 is 12.0 Å². The van der Waals surface area contributed by atoms with Gasteiger partial charge in [-0.3, -0.25) is 9.69 Å². The second-order valence-electron chi connectivity index (χ2n) is 4.55. The molecular weight excluding hydrogens is 276 g/mol. The minimum Gasteiger partial charge on any atom is -0.481 e. The second-order valence-corrected chi connectivity index (χ2v) is 4.55. The van der Waals surface area contributed by atoms with Crippen molar-refractivity contribution in [1.29, 1.82) is 0 Å². The number of H-pyrrole nitrogens is 1. The highest BCUT2D eigenvalue weighted by Gasteiger charge is 2.36. The van der Waals surface area contributed by atoms with Crippen molar-refractivity contribution in [3.05, 3.63) is 35.7 Å². The van der Waals surface area contributed by atoms with Gasteiger partial charge in [0.1, 0.15) is 5.92 Å². The molecule has 0 aliphatic carbocycles. The van der Waals surface area contributed by atoms with Crippen LogP contribution >= 0.6 is 0 Å². The van der Waals surface area contributed by atoms with Crippen molar-refractivity contribution in [2.75, 3.05) is 11.4 Å². The first-order valence-electron chi connectivity index (χ1n) is 6.26. The van der Waals surface area contributed by atoms with Gasteiger partial charge in [-0.15, -0.1) is 10.2 Å². The summed E-state index contributed by atoms with van der Waals surface area (Å²) in [5, 5.41) is 25.0. The van der Waals surface area contributed by atoms with E-state index in [0.29, 0.717) is 17.1 Å². The van der Waals surface area contributed by atoms with Crippen LogP contribution in [0.3, 0.4) is 0 Å². The molecule has 1 atom stereocenters. The van der Waals surface area contributed by atoms with Crippen LogP contribution < -0.4 is 10.2 Å². The third-order valence-electron chi connectivity index (χ3n) is 3.30. The van der Waals surface area contributed by atoms with Gasteiger partial charge in [0, 0.05) is 12.2 Å². The molecule has 1 unspecified atom stereocenters. The zero-order chi connectivity index (χ0) is 14.8. The molecule has 0 saturated carbocycles. The Bertz CT molecular complexity index is 671. The van der Waals surface area contributed by atoms with E-state index in [1.54, 1.807) is 24.3 Å². The molecule has 3 rings (SSSR count). The van der Waals surface area contributed by atoms with E-state index in [1.165, 1.54) is 4.90 Å². The van der Waals surface area contributed by atoms with Gasteiger partial charge in [0.15, 0.2) is 5.82 Å². The number of amides is 2. The Hall–Kier alpha value is -2.97. The number of anilines is 1. The fourth-order valence-corrected chi connectivity index (χ4v) is 2.32. The fourth-order valence-electron chi connectivity index (χ4n) is 2.32. The van der Waals surface area contributed by atoms with E-state index in [1.807, 2.05) is 0 Å². The summed E-state index contributed by atoms with van der Waals surface area (Å²) in [4.78, 5) is 24.9. The van der Waals surface area contributed by atoms with Gasteiger partial charge in [0.25, 0.3) is 0 Å². The van der Waals surface area contributed by atoms with Gasteiger partial charge in [-0.25, -0.2) is 4.79 Å². The largest absolute Gasteiger partial charge is 0.481 e. The minimum absolute atomic E-state index is 0.104. The molecule has 1 aromatic carbocycles. The van der Waals surface area contributed by atoms with Crippen molar-refractivity contribution in [2.24, 2.45) is 0 Å². The Kier molecular flexibility index (Phi) is 3.22. The number of para-hydroxylation sites is 1. The lowest BCUT2D eigenvalue weighted by molar-refractivity contribution is -0.138. The average molecular weight is 288 g/mol. The number of rotatable bonds is 3. The molecule has 1 aliphatic heterocycles. The van der Waals surface area contributed by atoms with Crippen LogP contribution in [-0.2, 0) is 11.3 Å². The zero-order valence-electron chi connectivity index (χ0n) is 10.9. The Balaban J connectivity index is 1.76. The smallest absolute Gasteiger partial charge is 0.322 e. The van der Waals surface area contributed by atoms with Crippen LogP contribution in [0.2, 0.25) is 0 Å². The number of tetrazole rings is 1. The van der Waals surface area contributed by atoms with Crippen LogP contribution in [0.15, 0.2) is 24.3 Å². The summed E-state index contributed by atoms with van der Waals surface area (Å²) in [6, 6.07) is 6.58. The number of hydrogen-bond acceptors (Lipinski definition) is 5. The monoisotopic (exact) mass is 288 g/mol. The molecule has 2 amide bonds. The molecule has 108 valence electrons. The van der Waals surface area contributed by atoms with E-state index in [4.69, 9.17) is 0 Å². The fraction of sp³-hybridized carbons (Fsp3) is 0.250. The Labute approximate surface area is 119 Å². The number of aliphatic carboxylic acids is 1. The van der Waals surface area contributed by atoms with Gasteiger partial charge < -0.3 is 10.4 Å². The van der Waals surface area contributed by atoms with Crippen LogP contribution in [0.1, 0.15) is 17.3 Å². The Morgan fingerprint density at radius 3 is 2.95 bits per heavy atom. The predicted octanol–water partition coefficient (Wildman–Crippen LogP) is 0.0977. The number of fused-ring (bicyclic) bond motifs is 1. The molecule has 2 aromatic rings. The lowest BCUT2D eigenvalue weighted by Gasteiger charge is -2.17. The number of nitrogens with one attached hydrogen (secondary N) is 2. The number of aromatic amines is 1. The maximum Gasteiger partial charge on any atom is 0.322 e. The molecule has 9 heteroatoms. The molecule has 0 radical (unpaired) electrons. The highest BCUT2D eigenvalue weighted by Crippen LogP contribution is 2.36. The number of benzene rings is 1. The molecule has 0 fully saturated rings. The Morgan fingerprint density at radius 2 is 2.24 bits per heavy atom. The van der Waals surface area contributed by atoms with Gasteiger partial charge in [-0.1, -0.05) is 23.4 Å². The summed E-state index contributed by atoms with van der Waals surface area (Å²) < 4.78 is 0. The zero-order valence-corrected chi connectivity index (χ0v) is 10.9. The first-order chi connectivity index (χ1) is 10.2.